The lowest BCUT2D eigenvalue weighted by molar-refractivity contribution is -0.347. The molecule has 4 aliphatic carbocycles. The number of hydrogen-bond acceptors (Lipinski definition) is 14. The molecule has 0 aromatic carbocycles. The van der Waals surface area contributed by atoms with Crippen LogP contribution in [0.15, 0.2) is 23.3 Å². The Balaban J connectivity index is 0.982. The standard InChI is InChI=1S/C47H74O14/c1-12-23(2)43(51)59-36-20-33-32(47(52)18-16-31(25(4)48)46(36,47)9)14-13-29-19-30(15-17-45(29,33)8)58-37-21-34(53-10)41(27(6)55-37)60-38-22-35(54-11)42(28(7)56-38)61-44-40(50)24(3)39(49)26(5)57-44/h12-13,24,26-28,30-42,44,49-50,52H,14-22H2,1-11H3/t24?,26?,27?,28?,30?,31?,32?,33?,34?,35?,36?,37?,38?,39?,40?,41?,42?,44?,45?,46-,47?/m0/s1. The van der Waals surface area contributed by atoms with Crippen molar-refractivity contribution in [2.45, 2.75) is 212 Å². The fraction of sp³-hybridized carbons (Fsp3) is 0.872. The van der Waals surface area contributed by atoms with E-state index in [1.807, 2.05) is 27.7 Å². The number of hydrogen-bond donors (Lipinski definition) is 3. The van der Waals surface area contributed by atoms with Crippen LogP contribution >= 0.6 is 0 Å². The summed E-state index contributed by atoms with van der Waals surface area (Å²) in [6.07, 6.45) is 2.02. The number of methoxy groups -OCH3 is 2. The molecule has 3 heterocycles. The van der Waals surface area contributed by atoms with Gasteiger partial charge in [-0.2, -0.15) is 0 Å². The monoisotopic (exact) mass is 863 g/mol. The molecule has 0 spiro atoms. The lowest BCUT2D eigenvalue weighted by atomic mass is 9.45. The molecule has 0 aromatic rings. The predicted molar refractivity (Wildman–Crippen MR) is 222 cm³/mol. The highest BCUT2D eigenvalue weighted by molar-refractivity contribution is 5.88. The topological polar surface area (TPSA) is 178 Å². The Morgan fingerprint density at radius 1 is 0.803 bits per heavy atom. The van der Waals surface area contributed by atoms with E-state index in [0.717, 1.165) is 19.3 Å². The highest BCUT2D eigenvalue weighted by Gasteiger charge is 2.71. The second-order valence-electron chi connectivity index (χ2n) is 19.9. The molecule has 0 bridgehead atoms. The summed E-state index contributed by atoms with van der Waals surface area (Å²) in [6, 6.07) is 0. The average Bonchev–Trinajstić information content (AvgIpc) is 3.52. The first-order valence-electron chi connectivity index (χ1n) is 22.9. The number of rotatable bonds is 11. The lowest BCUT2D eigenvalue weighted by Gasteiger charge is -2.63. The van der Waals surface area contributed by atoms with Crippen LogP contribution in [0.2, 0.25) is 0 Å². The van der Waals surface area contributed by atoms with Crippen LogP contribution in [0.3, 0.4) is 0 Å². The van der Waals surface area contributed by atoms with Crippen molar-refractivity contribution in [3.05, 3.63) is 23.3 Å². The van der Waals surface area contributed by atoms with Crippen LogP contribution in [0.5, 0.6) is 0 Å². The van der Waals surface area contributed by atoms with Crippen LogP contribution in [0.4, 0.5) is 0 Å². The van der Waals surface area contributed by atoms with Gasteiger partial charge in [-0.1, -0.05) is 38.5 Å². The molecular formula is C47H74O14. The number of carbonyl (C=O) groups excluding carboxylic acids is 2. The number of esters is 1. The van der Waals surface area contributed by atoms with E-state index in [4.69, 9.17) is 42.6 Å². The number of ketones is 1. The van der Waals surface area contributed by atoms with E-state index >= 15 is 0 Å². The summed E-state index contributed by atoms with van der Waals surface area (Å²) in [5.41, 5.74) is -0.416. The molecule has 20 unspecified atom stereocenters. The van der Waals surface area contributed by atoms with Gasteiger partial charge in [0.15, 0.2) is 18.9 Å². The molecule has 7 rings (SSSR count). The SMILES string of the molecule is CC=C(C)C(=O)OC1CC2C(CC=C3CC(OC4CC(OC)C(OC5CC(OC)C(OC6OC(C)C(O)C(C)C6O)C(C)O5)C(C)O4)CCC32C)C2(O)CCC(C(C)=O)[C@@]12C. The Morgan fingerprint density at radius 2 is 1.43 bits per heavy atom. The van der Waals surface area contributed by atoms with Gasteiger partial charge in [0, 0.05) is 49.9 Å². The van der Waals surface area contributed by atoms with Crippen molar-refractivity contribution in [3.63, 3.8) is 0 Å². The van der Waals surface area contributed by atoms with Crippen molar-refractivity contribution in [1.82, 2.24) is 0 Å². The van der Waals surface area contributed by atoms with Gasteiger partial charge in [-0.3, -0.25) is 4.79 Å². The quantitative estimate of drug-likeness (QED) is 0.138. The number of fused-ring (bicyclic) bond motifs is 5. The molecule has 3 saturated carbocycles. The molecular weight excluding hydrogens is 789 g/mol. The largest absolute Gasteiger partial charge is 0.458 e. The highest BCUT2D eigenvalue weighted by Crippen LogP contribution is 2.68. The molecule has 0 amide bonds. The Hall–Kier alpha value is -1.82. The fourth-order valence-corrected chi connectivity index (χ4v) is 12.8. The molecule has 0 radical (unpaired) electrons. The third-order valence-electron chi connectivity index (χ3n) is 16.8. The Morgan fingerprint density at radius 3 is 2.03 bits per heavy atom. The van der Waals surface area contributed by atoms with Crippen molar-refractivity contribution in [2.24, 2.45) is 34.5 Å². The minimum absolute atomic E-state index is 0.0420. The second-order valence-corrected chi connectivity index (χ2v) is 19.9. The summed E-state index contributed by atoms with van der Waals surface area (Å²) in [5, 5.41) is 34.0. The molecule has 3 saturated heterocycles. The molecule has 3 aliphatic heterocycles. The second kappa shape index (κ2) is 18.2. The van der Waals surface area contributed by atoms with E-state index in [2.05, 4.69) is 13.0 Å². The zero-order chi connectivity index (χ0) is 44.3. The number of allylic oxidation sites excluding steroid dienone is 2. The maximum atomic E-state index is 13.3. The summed E-state index contributed by atoms with van der Waals surface area (Å²) >= 11 is 0. The van der Waals surface area contributed by atoms with Crippen LogP contribution in [-0.4, -0.2) is 133 Å². The summed E-state index contributed by atoms with van der Waals surface area (Å²) in [6.45, 7) is 16.8. The third-order valence-corrected chi connectivity index (χ3v) is 16.8. The molecule has 21 atom stereocenters. The lowest BCUT2D eigenvalue weighted by Crippen LogP contribution is -2.66. The molecule has 0 aromatic heterocycles. The molecule has 3 N–H and O–H groups in total. The van der Waals surface area contributed by atoms with E-state index in [1.165, 1.54) is 5.57 Å². The van der Waals surface area contributed by atoms with Crippen molar-refractivity contribution in [3.8, 4) is 0 Å². The number of ether oxygens (including phenoxy) is 9. The minimum atomic E-state index is -1.14. The molecule has 61 heavy (non-hydrogen) atoms. The first kappa shape index (κ1) is 47.2. The van der Waals surface area contributed by atoms with Gasteiger partial charge in [-0.15, -0.1) is 0 Å². The first-order valence-corrected chi connectivity index (χ1v) is 22.9. The average molecular weight is 863 g/mol. The van der Waals surface area contributed by atoms with Gasteiger partial charge in [-0.05, 0) is 104 Å². The number of aliphatic hydroxyl groups excluding tert-OH is 2. The van der Waals surface area contributed by atoms with Crippen LogP contribution in [0.1, 0.15) is 120 Å². The molecule has 7 aliphatic rings. The van der Waals surface area contributed by atoms with Gasteiger partial charge in [0.1, 0.15) is 30.2 Å². The van der Waals surface area contributed by atoms with E-state index in [1.54, 1.807) is 48.0 Å². The number of Topliss-reactive ketones (excluding diaryl/α,β-unsaturated/α-hetero) is 1. The summed E-state index contributed by atoms with van der Waals surface area (Å²) in [7, 11) is 3.28. The van der Waals surface area contributed by atoms with Crippen molar-refractivity contribution < 1.29 is 67.5 Å². The van der Waals surface area contributed by atoms with Gasteiger partial charge < -0.3 is 58.0 Å². The predicted octanol–water partition coefficient (Wildman–Crippen LogP) is 5.32. The van der Waals surface area contributed by atoms with Crippen molar-refractivity contribution in [1.29, 1.82) is 0 Å². The Labute approximate surface area is 362 Å². The van der Waals surface area contributed by atoms with Crippen LogP contribution in [-0.2, 0) is 52.2 Å². The highest BCUT2D eigenvalue weighted by atomic mass is 16.7. The van der Waals surface area contributed by atoms with Crippen LogP contribution < -0.4 is 0 Å². The molecule has 346 valence electrons. The van der Waals surface area contributed by atoms with E-state index in [0.29, 0.717) is 44.1 Å². The van der Waals surface area contributed by atoms with Crippen molar-refractivity contribution in [2.75, 3.05) is 14.2 Å². The van der Waals surface area contributed by atoms with Crippen LogP contribution in [0.25, 0.3) is 0 Å². The smallest absolute Gasteiger partial charge is 0.333 e. The fourth-order valence-electron chi connectivity index (χ4n) is 12.8. The Bertz CT molecular complexity index is 1650. The van der Waals surface area contributed by atoms with Gasteiger partial charge in [0.2, 0.25) is 0 Å². The maximum absolute atomic E-state index is 13.3. The van der Waals surface area contributed by atoms with Gasteiger partial charge in [0.05, 0.1) is 48.3 Å². The number of carbonyl (C=O) groups is 2. The maximum Gasteiger partial charge on any atom is 0.333 e. The van der Waals surface area contributed by atoms with E-state index < -0.39 is 90.6 Å². The van der Waals surface area contributed by atoms with Crippen molar-refractivity contribution >= 4 is 11.8 Å². The molecule has 14 heteroatoms. The molecule has 14 nitrogen and oxygen atoms in total. The van der Waals surface area contributed by atoms with Gasteiger partial charge in [-0.25, -0.2) is 4.79 Å². The summed E-state index contributed by atoms with van der Waals surface area (Å²) in [5.74, 6) is -1.13. The zero-order valence-corrected chi connectivity index (χ0v) is 38.2. The van der Waals surface area contributed by atoms with Gasteiger partial charge >= 0.3 is 5.97 Å². The van der Waals surface area contributed by atoms with Gasteiger partial charge in [0.25, 0.3) is 0 Å². The third kappa shape index (κ3) is 8.36. The minimum Gasteiger partial charge on any atom is -0.458 e. The zero-order valence-electron chi connectivity index (χ0n) is 38.2. The first-order chi connectivity index (χ1) is 28.8. The summed E-state index contributed by atoms with van der Waals surface area (Å²) < 4.78 is 56.5. The normalized spacial score (nSPS) is 50.2. The van der Waals surface area contributed by atoms with E-state index in [9.17, 15) is 24.9 Å². The Kier molecular flexibility index (Phi) is 14.1. The molecule has 6 fully saturated rings. The van der Waals surface area contributed by atoms with Crippen LogP contribution in [0, 0.1) is 34.5 Å². The summed E-state index contributed by atoms with van der Waals surface area (Å²) in [4.78, 5) is 26.4. The van der Waals surface area contributed by atoms with E-state index in [-0.39, 0.29) is 47.3 Å². The number of aliphatic hydroxyl groups is 3.